The summed E-state index contributed by atoms with van der Waals surface area (Å²) in [7, 11) is 1.91. The molecule has 17 heavy (non-hydrogen) atoms. The molecule has 0 saturated carbocycles. The zero-order valence-electron chi connectivity index (χ0n) is 9.60. The van der Waals surface area contributed by atoms with Crippen LogP contribution in [0.25, 0.3) is 0 Å². The Bertz CT molecular complexity index is 514. The largest absolute Gasteiger partial charge is 0.397 e. The highest BCUT2D eigenvalue weighted by Gasteiger charge is 2.05. The molecule has 0 aliphatic heterocycles. The van der Waals surface area contributed by atoms with Crippen LogP contribution >= 0.6 is 0 Å². The maximum atomic E-state index is 13.0. The van der Waals surface area contributed by atoms with E-state index in [4.69, 9.17) is 5.73 Å². The topological polar surface area (TPSA) is 42.2 Å². The molecule has 0 bridgehead atoms. The molecule has 0 amide bonds. The Hall–Kier alpha value is -2.10. The molecule has 0 unspecified atom stereocenters. The first-order chi connectivity index (χ1) is 8.16. The van der Waals surface area contributed by atoms with Crippen molar-refractivity contribution in [1.82, 2.24) is 4.98 Å². The lowest BCUT2D eigenvalue weighted by Gasteiger charge is -2.20. The van der Waals surface area contributed by atoms with Gasteiger partial charge in [-0.25, -0.2) is 4.39 Å². The molecule has 3 nitrogen and oxygen atoms in total. The van der Waals surface area contributed by atoms with Crippen molar-refractivity contribution in [1.29, 1.82) is 0 Å². The summed E-state index contributed by atoms with van der Waals surface area (Å²) in [4.78, 5) is 5.78. The Morgan fingerprint density at radius 1 is 1.29 bits per heavy atom. The van der Waals surface area contributed by atoms with Crippen molar-refractivity contribution in [3.8, 4) is 0 Å². The molecule has 0 atom stereocenters. The fourth-order valence-electron chi connectivity index (χ4n) is 1.74. The summed E-state index contributed by atoms with van der Waals surface area (Å²) in [5, 5.41) is 0. The van der Waals surface area contributed by atoms with Crippen molar-refractivity contribution in [2.24, 2.45) is 0 Å². The van der Waals surface area contributed by atoms with Gasteiger partial charge in [-0.2, -0.15) is 0 Å². The molecule has 0 radical (unpaired) electrons. The van der Waals surface area contributed by atoms with Gasteiger partial charge in [-0.05, 0) is 23.8 Å². The summed E-state index contributed by atoms with van der Waals surface area (Å²) >= 11 is 0. The van der Waals surface area contributed by atoms with Crippen molar-refractivity contribution in [2.75, 3.05) is 17.7 Å². The number of hydrogen-bond donors (Lipinski definition) is 1. The molecule has 0 spiro atoms. The van der Waals surface area contributed by atoms with E-state index in [9.17, 15) is 4.39 Å². The van der Waals surface area contributed by atoms with Gasteiger partial charge in [0.2, 0.25) is 0 Å². The van der Waals surface area contributed by atoms with Gasteiger partial charge in [0.1, 0.15) is 5.82 Å². The van der Waals surface area contributed by atoms with Crippen LogP contribution in [0.2, 0.25) is 0 Å². The summed E-state index contributed by atoms with van der Waals surface area (Å²) in [5.74, 6) is -0.322. The lowest BCUT2D eigenvalue weighted by atomic mass is 10.2. The molecule has 0 fully saturated rings. The van der Waals surface area contributed by atoms with Gasteiger partial charge in [-0.1, -0.05) is 12.1 Å². The molecule has 0 aliphatic carbocycles. The number of hydrogen-bond acceptors (Lipinski definition) is 3. The van der Waals surface area contributed by atoms with Gasteiger partial charge in [0.15, 0.2) is 0 Å². The first-order valence-corrected chi connectivity index (χ1v) is 5.32. The molecule has 2 N–H and O–H groups in total. The molecular weight excluding hydrogens is 217 g/mol. The van der Waals surface area contributed by atoms with Crippen molar-refractivity contribution in [3.05, 3.63) is 54.1 Å². The van der Waals surface area contributed by atoms with E-state index in [0.717, 1.165) is 11.3 Å². The zero-order valence-corrected chi connectivity index (χ0v) is 9.60. The first-order valence-electron chi connectivity index (χ1n) is 5.32. The number of benzene rings is 1. The van der Waals surface area contributed by atoms with Crippen LogP contribution in [0.4, 0.5) is 15.8 Å². The fraction of sp³-hybridized carbons (Fsp3) is 0.154. The zero-order chi connectivity index (χ0) is 12.3. The van der Waals surface area contributed by atoms with Gasteiger partial charge in [-0.15, -0.1) is 0 Å². The van der Waals surface area contributed by atoms with E-state index < -0.39 is 0 Å². The van der Waals surface area contributed by atoms with Crippen LogP contribution in [0.5, 0.6) is 0 Å². The number of nitrogen functional groups attached to an aromatic ring is 1. The third-order valence-electron chi connectivity index (χ3n) is 2.53. The van der Waals surface area contributed by atoms with E-state index in [1.165, 1.54) is 12.3 Å². The van der Waals surface area contributed by atoms with Gasteiger partial charge >= 0.3 is 0 Å². The number of para-hydroxylation sites is 2. The second kappa shape index (κ2) is 4.82. The van der Waals surface area contributed by atoms with Crippen molar-refractivity contribution < 1.29 is 4.39 Å². The van der Waals surface area contributed by atoms with E-state index in [1.807, 2.05) is 36.2 Å². The third-order valence-corrected chi connectivity index (χ3v) is 2.53. The summed E-state index contributed by atoms with van der Waals surface area (Å²) in [6.07, 6.45) is 2.85. The monoisotopic (exact) mass is 231 g/mol. The minimum atomic E-state index is -0.322. The second-order valence-corrected chi connectivity index (χ2v) is 3.93. The van der Waals surface area contributed by atoms with Gasteiger partial charge in [0, 0.05) is 19.8 Å². The predicted molar refractivity (Wildman–Crippen MR) is 67.2 cm³/mol. The summed E-state index contributed by atoms with van der Waals surface area (Å²) in [6.45, 7) is 0.568. The van der Waals surface area contributed by atoms with E-state index in [-0.39, 0.29) is 5.82 Å². The van der Waals surface area contributed by atoms with Crippen LogP contribution in [-0.4, -0.2) is 12.0 Å². The van der Waals surface area contributed by atoms with Gasteiger partial charge in [0.05, 0.1) is 17.6 Å². The average Bonchev–Trinajstić information content (AvgIpc) is 2.29. The number of nitrogens with zero attached hydrogens (tertiary/aromatic N) is 2. The standard InChI is InChI=1S/C13H14FN3/c1-17(13-5-3-2-4-12(13)15)9-10-6-11(14)8-16-7-10/h2-8H,9,15H2,1H3. The lowest BCUT2D eigenvalue weighted by Crippen LogP contribution is -2.17. The Kier molecular flexibility index (Phi) is 3.23. The third kappa shape index (κ3) is 2.72. The maximum Gasteiger partial charge on any atom is 0.141 e. The van der Waals surface area contributed by atoms with Crippen LogP contribution in [-0.2, 0) is 6.54 Å². The summed E-state index contributed by atoms with van der Waals surface area (Å²) in [5.41, 5.74) is 8.32. The molecule has 1 aromatic heterocycles. The highest BCUT2D eigenvalue weighted by molar-refractivity contribution is 5.66. The van der Waals surface area contributed by atoms with E-state index >= 15 is 0 Å². The molecule has 0 saturated heterocycles. The smallest absolute Gasteiger partial charge is 0.141 e. The quantitative estimate of drug-likeness (QED) is 0.825. The molecular formula is C13H14FN3. The highest BCUT2D eigenvalue weighted by atomic mass is 19.1. The molecule has 1 heterocycles. The van der Waals surface area contributed by atoms with Gasteiger partial charge in [0.25, 0.3) is 0 Å². The van der Waals surface area contributed by atoms with E-state index in [0.29, 0.717) is 12.2 Å². The number of halogens is 1. The van der Waals surface area contributed by atoms with Crippen LogP contribution < -0.4 is 10.6 Å². The molecule has 88 valence electrons. The van der Waals surface area contributed by atoms with Crippen LogP contribution in [0.1, 0.15) is 5.56 Å². The van der Waals surface area contributed by atoms with E-state index in [1.54, 1.807) is 6.20 Å². The van der Waals surface area contributed by atoms with Gasteiger partial charge < -0.3 is 10.6 Å². The first kappa shape index (κ1) is 11.4. The SMILES string of the molecule is CN(Cc1cncc(F)c1)c1ccccc1N. The van der Waals surface area contributed by atoms with Crippen LogP contribution in [0.15, 0.2) is 42.7 Å². The van der Waals surface area contributed by atoms with Crippen LogP contribution in [0, 0.1) is 5.82 Å². The number of aromatic nitrogens is 1. The van der Waals surface area contributed by atoms with E-state index in [2.05, 4.69) is 4.98 Å². The minimum absolute atomic E-state index is 0.322. The Balaban J connectivity index is 2.17. The highest BCUT2D eigenvalue weighted by Crippen LogP contribution is 2.22. The normalized spacial score (nSPS) is 10.2. The summed E-state index contributed by atoms with van der Waals surface area (Å²) < 4.78 is 13.0. The lowest BCUT2D eigenvalue weighted by molar-refractivity contribution is 0.618. The Morgan fingerprint density at radius 2 is 2.06 bits per heavy atom. The Labute approximate surface area is 99.7 Å². The maximum absolute atomic E-state index is 13.0. The number of rotatable bonds is 3. The summed E-state index contributed by atoms with van der Waals surface area (Å²) in [6, 6.07) is 9.06. The fourth-order valence-corrected chi connectivity index (χ4v) is 1.74. The van der Waals surface area contributed by atoms with Crippen molar-refractivity contribution in [3.63, 3.8) is 0 Å². The number of nitrogens with two attached hydrogens (primary N) is 1. The van der Waals surface area contributed by atoms with Crippen molar-refractivity contribution in [2.45, 2.75) is 6.54 Å². The van der Waals surface area contributed by atoms with Gasteiger partial charge in [-0.3, -0.25) is 4.98 Å². The molecule has 0 aliphatic rings. The number of anilines is 2. The minimum Gasteiger partial charge on any atom is -0.397 e. The molecule has 4 heteroatoms. The molecule has 1 aromatic carbocycles. The predicted octanol–water partition coefficient (Wildman–Crippen LogP) is 2.44. The Morgan fingerprint density at radius 3 is 2.76 bits per heavy atom. The molecule has 2 aromatic rings. The van der Waals surface area contributed by atoms with Crippen LogP contribution in [0.3, 0.4) is 0 Å². The molecule has 2 rings (SSSR count). The average molecular weight is 231 g/mol. The second-order valence-electron chi connectivity index (χ2n) is 3.93. The number of pyridine rings is 1. The van der Waals surface area contributed by atoms with Crippen molar-refractivity contribution >= 4 is 11.4 Å².